The summed E-state index contributed by atoms with van der Waals surface area (Å²) in [5.74, 6) is 0.0384. The van der Waals surface area contributed by atoms with Crippen LogP contribution in [0.4, 0.5) is 11.4 Å². The molecule has 0 unspecified atom stereocenters. The molecule has 4 atom stereocenters. The highest BCUT2D eigenvalue weighted by atomic mass is 28.4. The predicted octanol–water partition coefficient (Wildman–Crippen LogP) is 4.95. The zero-order chi connectivity index (χ0) is 31.2. The molecule has 0 aromatic heterocycles. The second-order valence-electron chi connectivity index (χ2n) is 12.4. The van der Waals surface area contributed by atoms with Crippen LogP contribution in [0.25, 0.3) is 0 Å². The number of anilines is 2. The summed E-state index contributed by atoms with van der Waals surface area (Å²) in [6, 6.07) is 23.0. The zero-order valence-electron chi connectivity index (χ0n) is 25.6. The highest BCUT2D eigenvalue weighted by molar-refractivity contribution is 6.71. The van der Waals surface area contributed by atoms with Gasteiger partial charge in [0.25, 0.3) is 5.91 Å². The molecule has 3 aliphatic rings. The lowest BCUT2D eigenvalue weighted by Gasteiger charge is -2.32. The Morgan fingerprint density at radius 1 is 1.05 bits per heavy atom. The van der Waals surface area contributed by atoms with Crippen molar-refractivity contribution < 1.29 is 29.0 Å². The van der Waals surface area contributed by atoms with Gasteiger partial charge in [0.15, 0.2) is 13.9 Å². The van der Waals surface area contributed by atoms with Crippen molar-refractivity contribution in [3.05, 3.63) is 89.5 Å². The van der Waals surface area contributed by atoms with Gasteiger partial charge in [-0.25, -0.2) is 5.01 Å². The highest BCUT2D eigenvalue weighted by Gasteiger charge is 2.66. The minimum absolute atomic E-state index is 0.0633. The Hall–Kier alpha value is -3.83. The number of carbonyl (C=O) groups is 2. The monoisotopic (exact) mass is 613 g/mol. The summed E-state index contributed by atoms with van der Waals surface area (Å²) in [4.78, 5) is 40.4. The van der Waals surface area contributed by atoms with Gasteiger partial charge < -0.3 is 24.3 Å². The molecule has 0 saturated carbocycles. The molecule has 2 N–H and O–H groups in total. The number of hydrogen-bond acceptors (Lipinski definition) is 7. The van der Waals surface area contributed by atoms with Gasteiger partial charge in [-0.15, -0.1) is 0 Å². The van der Waals surface area contributed by atoms with Crippen LogP contribution in [0, 0.1) is 5.92 Å². The first kappa shape index (κ1) is 30.2. The fourth-order valence-electron chi connectivity index (χ4n) is 7.25. The summed E-state index contributed by atoms with van der Waals surface area (Å²) in [5.41, 5.74) is 3.31. The summed E-state index contributed by atoms with van der Waals surface area (Å²) in [5, 5.41) is 16.0. The number of methoxy groups -OCH3 is 1. The minimum Gasteiger partial charge on any atom is -0.497 e. The minimum atomic E-state index is -2.79. The molecule has 3 aliphatic heterocycles. The maximum atomic E-state index is 14.5. The molecule has 0 bridgehead atoms. The van der Waals surface area contributed by atoms with Gasteiger partial charge in [0.05, 0.1) is 36.8 Å². The average molecular weight is 614 g/mol. The molecule has 2 amide bonds. The molecular weight excluding hydrogens is 574 g/mol. The van der Waals surface area contributed by atoms with E-state index in [0.29, 0.717) is 30.7 Å². The van der Waals surface area contributed by atoms with Gasteiger partial charge in [0.1, 0.15) is 5.75 Å². The number of amides is 2. The molecule has 0 aliphatic carbocycles. The summed E-state index contributed by atoms with van der Waals surface area (Å²) in [6.07, 6.45) is 0.860. The fourth-order valence-corrected chi connectivity index (χ4v) is 9.86. The zero-order valence-corrected chi connectivity index (χ0v) is 26.6. The number of rotatable bonds is 8. The van der Waals surface area contributed by atoms with Crippen molar-refractivity contribution in [3.8, 4) is 5.75 Å². The number of ether oxygens (including phenoxy) is 2. The van der Waals surface area contributed by atoms with Gasteiger partial charge in [0.2, 0.25) is 5.91 Å². The second-order valence-corrected chi connectivity index (χ2v) is 16.4. The van der Waals surface area contributed by atoms with E-state index in [4.69, 9.17) is 9.47 Å². The van der Waals surface area contributed by atoms with E-state index in [9.17, 15) is 19.5 Å². The van der Waals surface area contributed by atoms with Crippen molar-refractivity contribution >= 4 is 37.2 Å². The van der Waals surface area contributed by atoms with Crippen molar-refractivity contribution in [3.63, 3.8) is 0 Å². The lowest BCUT2D eigenvalue weighted by Crippen LogP contribution is -2.46. The third-order valence-electron chi connectivity index (χ3n) is 9.27. The molecule has 3 aromatic carbocycles. The standard InChI is InChI=1S/C34H39N3O6Si/c1-22-32(44(3,4)41)30(18-19-38)43-34(22)27-20-26(42-2)14-16-29(27)36(33(34)40)21-23-10-12-25(13-11-23)37-31(39)17-15-28(35-37)24-8-6-5-7-9-24/h5-14,16,20,22,30,32,38,41H,15,17-19,21H2,1-4H3/t22-,30+,32-,34+/m0/s1. The molecule has 1 fully saturated rings. The number of hydrogen-bond donors (Lipinski definition) is 2. The number of hydrazone groups is 1. The number of aliphatic hydroxyl groups is 1. The quantitative estimate of drug-likeness (QED) is 0.348. The summed E-state index contributed by atoms with van der Waals surface area (Å²) >= 11 is 0. The topological polar surface area (TPSA) is 112 Å². The first-order valence-electron chi connectivity index (χ1n) is 15.1. The van der Waals surface area contributed by atoms with Crippen molar-refractivity contribution in [2.24, 2.45) is 11.0 Å². The van der Waals surface area contributed by atoms with E-state index >= 15 is 0 Å². The Morgan fingerprint density at radius 3 is 2.43 bits per heavy atom. The molecule has 10 heteroatoms. The van der Waals surface area contributed by atoms with Crippen molar-refractivity contribution in [1.82, 2.24) is 0 Å². The first-order chi connectivity index (χ1) is 21.1. The maximum Gasteiger partial charge on any atom is 0.264 e. The maximum absolute atomic E-state index is 14.5. The van der Waals surface area contributed by atoms with Crippen molar-refractivity contribution in [1.29, 1.82) is 0 Å². The normalized spacial score (nSPS) is 25.0. The van der Waals surface area contributed by atoms with Crippen LogP contribution in [-0.4, -0.2) is 55.6 Å². The second kappa shape index (κ2) is 11.6. The SMILES string of the molecule is COc1ccc2c(c1)[C@@]1(O[C@H](CCO)[C@@H]([Si](C)(C)O)[C@@H]1C)C(=O)N2Cc1ccc(N2N=C(c3ccccc3)CCC2=O)cc1. The van der Waals surface area contributed by atoms with Crippen LogP contribution in [0.1, 0.15) is 42.9 Å². The van der Waals surface area contributed by atoms with Gasteiger partial charge >= 0.3 is 0 Å². The smallest absolute Gasteiger partial charge is 0.264 e. The van der Waals surface area contributed by atoms with Crippen LogP contribution in [0.2, 0.25) is 18.6 Å². The molecule has 6 rings (SSSR count). The van der Waals surface area contributed by atoms with Gasteiger partial charge in [-0.3, -0.25) is 9.59 Å². The van der Waals surface area contributed by atoms with Crippen LogP contribution >= 0.6 is 0 Å². The van der Waals surface area contributed by atoms with Crippen LogP contribution < -0.4 is 14.6 Å². The van der Waals surface area contributed by atoms with Crippen molar-refractivity contribution in [2.75, 3.05) is 23.6 Å². The number of fused-ring (bicyclic) bond motifs is 2. The molecule has 3 aromatic rings. The lowest BCUT2D eigenvalue weighted by molar-refractivity contribution is -0.146. The van der Waals surface area contributed by atoms with E-state index in [2.05, 4.69) is 5.10 Å². The van der Waals surface area contributed by atoms with Gasteiger partial charge in [-0.1, -0.05) is 49.4 Å². The molecule has 0 radical (unpaired) electrons. The van der Waals surface area contributed by atoms with E-state index in [1.54, 1.807) is 12.0 Å². The Bertz CT molecular complexity index is 1590. The van der Waals surface area contributed by atoms with Crippen molar-refractivity contribution in [2.45, 2.75) is 63.1 Å². The Balaban J connectivity index is 1.32. The van der Waals surface area contributed by atoms with Crippen LogP contribution in [-0.2, 0) is 26.5 Å². The number of nitrogens with zero attached hydrogens (tertiary/aromatic N) is 3. The number of benzene rings is 3. The van der Waals surface area contributed by atoms with E-state index in [-0.39, 0.29) is 36.4 Å². The Labute approximate surface area is 258 Å². The lowest BCUT2D eigenvalue weighted by atomic mass is 9.82. The number of carbonyl (C=O) groups excluding carboxylic acids is 2. The third kappa shape index (κ3) is 5.05. The number of aliphatic hydroxyl groups excluding tert-OH is 1. The van der Waals surface area contributed by atoms with E-state index in [0.717, 1.165) is 28.1 Å². The molecule has 3 heterocycles. The third-order valence-corrected chi connectivity index (χ3v) is 11.8. The molecular formula is C34H39N3O6Si. The highest BCUT2D eigenvalue weighted by Crippen LogP contribution is 2.60. The van der Waals surface area contributed by atoms with Gasteiger partial charge in [-0.05, 0) is 61.0 Å². The summed E-state index contributed by atoms with van der Waals surface area (Å²) in [6.45, 7) is 5.91. The van der Waals surface area contributed by atoms with Gasteiger partial charge in [0, 0.05) is 36.5 Å². The summed E-state index contributed by atoms with van der Waals surface area (Å²) in [7, 11) is -1.20. The van der Waals surface area contributed by atoms with Crippen LogP contribution in [0.3, 0.4) is 0 Å². The predicted molar refractivity (Wildman–Crippen MR) is 171 cm³/mol. The van der Waals surface area contributed by atoms with Gasteiger partial charge in [-0.2, -0.15) is 5.10 Å². The Kier molecular flexibility index (Phi) is 7.96. The molecule has 9 nitrogen and oxygen atoms in total. The van der Waals surface area contributed by atoms with E-state index in [1.807, 2.05) is 92.8 Å². The van der Waals surface area contributed by atoms with Crippen LogP contribution in [0.5, 0.6) is 5.75 Å². The molecule has 230 valence electrons. The molecule has 1 saturated heterocycles. The average Bonchev–Trinajstić information content (AvgIpc) is 3.44. The van der Waals surface area contributed by atoms with Crippen LogP contribution in [0.15, 0.2) is 77.9 Å². The Morgan fingerprint density at radius 2 is 1.77 bits per heavy atom. The fraction of sp³-hybridized carbons (Fsp3) is 0.382. The first-order valence-corrected chi connectivity index (χ1v) is 18.2. The van der Waals surface area contributed by atoms with E-state index < -0.39 is 20.0 Å². The summed E-state index contributed by atoms with van der Waals surface area (Å²) < 4.78 is 12.2. The molecule has 44 heavy (non-hydrogen) atoms. The van der Waals surface area contributed by atoms with E-state index in [1.165, 1.54) is 5.01 Å². The largest absolute Gasteiger partial charge is 0.497 e. The molecule has 1 spiro atoms.